The highest BCUT2D eigenvalue weighted by atomic mass is 79.9. The van der Waals surface area contributed by atoms with Gasteiger partial charge in [0.2, 0.25) is 0 Å². The van der Waals surface area contributed by atoms with Gasteiger partial charge in [-0.05, 0) is 61.5 Å². The number of carbonyl (C=O) groups excluding carboxylic acids is 2. The second-order valence-electron chi connectivity index (χ2n) is 7.91. The Hall–Kier alpha value is -2.13. The molecular formula is C23H28BrClN4O3. The summed E-state index contributed by atoms with van der Waals surface area (Å²) in [4.78, 5) is 29.8. The Kier molecular flexibility index (Phi) is 7.82. The number of benzene rings is 2. The van der Waals surface area contributed by atoms with E-state index in [0.29, 0.717) is 27.4 Å². The molecule has 9 heteroatoms. The number of nitrogens with zero attached hydrogens (tertiary/aromatic N) is 2. The summed E-state index contributed by atoms with van der Waals surface area (Å²) in [7, 11) is 0. The maximum atomic E-state index is 13.5. The van der Waals surface area contributed by atoms with E-state index in [-0.39, 0.29) is 11.5 Å². The molecule has 0 bridgehead atoms. The number of hydrogen-bond donors (Lipinski definition) is 3. The van der Waals surface area contributed by atoms with Crippen molar-refractivity contribution in [3.05, 3.63) is 57.5 Å². The molecule has 3 N–H and O–H groups in total. The molecule has 172 valence electrons. The van der Waals surface area contributed by atoms with Crippen LogP contribution in [-0.4, -0.2) is 48.1 Å². The molecule has 0 aromatic heterocycles. The maximum Gasteiger partial charge on any atom is 0.329 e. The highest BCUT2D eigenvalue weighted by Crippen LogP contribution is 2.41. The molecule has 3 amide bonds. The van der Waals surface area contributed by atoms with Gasteiger partial charge >= 0.3 is 6.03 Å². The highest BCUT2D eigenvalue weighted by Gasteiger charge is 2.52. The van der Waals surface area contributed by atoms with Crippen LogP contribution in [0.15, 0.2) is 46.9 Å². The maximum absolute atomic E-state index is 13.5. The minimum absolute atomic E-state index is 0.158. The first kappa shape index (κ1) is 24.5. The molecular weight excluding hydrogens is 496 g/mol. The number of hydrogen-bond acceptors (Lipinski definition) is 4. The molecule has 7 nitrogen and oxygen atoms in total. The third kappa shape index (κ3) is 4.93. The lowest BCUT2D eigenvalue weighted by molar-refractivity contribution is -0.140. The van der Waals surface area contributed by atoms with Crippen LogP contribution in [0.5, 0.6) is 0 Å². The highest BCUT2D eigenvalue weighted by molar-refractivity contribution is 9.10. The van der Waals surface area contributed by atoms with E-state index >= 15 is 0 Å². The van der Waals surface area contributed by atoms with Crippen LogP contribution >= 0.6 is 27.5 Å². The van der Waals surface area contributed by atoms with E-state index in [2.05, 4.69) is 45.3 Å². The van der Waals surface area contributed by atoms with Crippen molar-refractivity contribution < 1.29 is 14.7 Å². The van der Waals surface area contributed by atoms with Crippen molar-refractivity contribution in [2.45, 2.75) is 26.5 Å². The Labute approximate surface area is 201 Å². The summed E-state index contributed by atoms with van der Waals surface area (Å²) in [5.41, 5.74) is -1.26. The van der Waals surface area contributed by atoms with Crippen molar-refractivity contribution >= 4 is 50.8 Å². The molecule has 2 aromatic rings. The summed E-state index contributed by atoms with van der Waals surface area (Å²) >= 11 is 9.40. The van der Waals surface area contributed by atoms with Crippen LogP contribution in [-0.2, 0) is 10.5 Å². The van der Waals surface area contributed by atoms with E-state index in [9.17, 15) is 14.7 Å². The van der Waals surface area contributed by atoms with Gasteiger partial charge in [-0.2, -0.15) is 0 Å². The molecule has 1 aliphatic heterocycles. The SMILES string of the molecule is CCN(CC)C[C@@H](C)CNC(=O)[C@]1(O)c2cc(Br)ccc2NC(=O)N1c1ccc(Cl)cc1. The molecule has 0 aliphatic carbocycles. The summed E-state index contributed by atoms with van der Waals surface area (Å²) < 4.78 is 0.671. The monoisotopic (exact) mass is 522 g/mol. The number of nitrogens with one attached hydrogen (secondary N) is 2. The molecule has 0 radical (unpaired) electrons. The summed E-state index contributed by atoms with van der Waals surface area (Å²) in [6, 6.07) is 10.8. The Balaban J connectivity index is 1.97. The molecule has 2 atom stereocenters. The molecule has 1 aliphatic rings. The first-order valence-electron chi connectivity index (χ1n) is 10.6. The zero-order chi connectivity index (χ0) is 23.5. The van der Waals surface area contributed by atoms with Crippen molar-refractivity contribution in [3.63, 3.8) is 0 Å². The Morgan fingerprint density at radius 2 is 1.91 bits per heavy atom. The van der Waals surface area contributed by atoms with Gasteiger partial charge in [0.25, 0.3) is 11.6 Å². The predicted molar refractivity (Wildman–Crippen MR) is 131 cm³/mol. The van der Waals surface area contributed by atoms with Crippen molar-refractivity contribution in [1.29, 1.82) is 0 Å². The van der Waals surface area contributed by atoms with Crippen LogP contribution in [0.3, 0.4) is 0 Å². The number of rotatable bonds is 8. The number of aliphatic hydroxyl groups is 1. The Morgan fingerprint density at radius 1 is 1.25 bits per heavy atom. The minimum atomic E-state index is -2.25. The van der Waals surface area contributed by atoms with Crippen LogP contribution in [0.1, 0.15) is 26.3 Å². The Morgan fingerprint density at radius 3 is 2.53 bits per heavy atom. The first-order valence-corrected chi connectivity index (χ1v) is 11.8. The van der Waals surface area contributed by atoms with Crippen molar-refractivity contribution in [2.75, 3.05) is 36.4 Å². The lowest BCUT2D eigenvalue weighted by Gasteiger charge is -2.43. The van der Waals surface area contributed by atoms with E-state index in [1.807, 2.05) is 6.92 Å². The number of carbonyl (C=O) groups is 2. The van der Waals surface area contributed by atoms with Gasteiger partial charge in [0.1, 0.15) is 0 Å². The fraction of sp³-hybridized carbons (Fsp3) is 0.391. The van der Waals surface area contributed by atoms with Crippen LogP contribution in [0, 0.1) is 5.92 Å². The number of urea groups is 1. The smallest absolute Gasteiger partial charge is 0.329 e. The summed E-state index contributed by atoms with van der Waals surface area (Å²) in [5.74, 6) is -0.515. The number of amides is 3. The minimum Gasteiger partial charge on any atom is -0.359 e. The average Bonchev–Trinajstić information content (AvgIpc) is 2.77. The number of fused-ring (bicyclic) bond motifs is 1. The van der Waals surface area contributed by atoms with E-state index in [0.717, 1.165) is 24.5 Å². The van der Waals surface area contributed by atoms with E-state index in [4.69, 9.17) is 11.6 Å². The topological polar surface area (TPSA) is 84.9 Å². The molecule has 1 heterocycles. The zero-order valence-electron chi connectivity index (χ0n) is 18.4. The zero-order valence-corrected chi connectivity index (χ0v) is 20.7. The van der Waals surface area contributed by atoms with Crippen molar-refractivity contribution in [3.8, 4) is 0 Å². The van der Waals surface area contributed by atoms with E-state index < -0.39 is 17.7 Å². The molecule has 0 spiro atoms. The molecule has 0 saturated carbocycles. The molecule has 0 fully saturated rings. The van der Waals surface area contributed by atoms with Gasteiger partial charge in [-0.1, -0.05) is 48.3 Å². The van der Waals surface area contributed by atoms with Gasteiger partial charge in [-0.25, -0.2) is 4.79 Å². The van der Waals surface area contributed by atoms with Gasteiger partial charge in [0.15, 0.2) is 0 Å². The van der Waals surface area contributed by atoms with Gasteiger partial charge in [0, 0.05) is 33.8 Å². The van der Waals surface area contributed by atoms with Gasteiger partial charge in [-0.15, -0.1) is 0 Å². The summed E-state index contributed by atoms with van der Waals surface area (Å²) in [6.07, 6.45) is 0. The first-order chi connectivity index (χ1) is 15.2. The molecule has 3 rings (SSSR count). The molecule has 32 heavy (non-hydrogen) atoms. The summed E-state index contributed by atoms with van der Waals surface area (Å²) in [5, 5.41) is 17.9. The number of anilines is 2. The lowest BCUT2D eigenvalue weighted by Crippen LogP contribution is -2.63. The van der Waals surface area contributed by atoms with Crippen molar-refractivity contribution in [1.82, 2.24) is 10.2 Å². The van der Waals surface area contributed by atoms with Gasteiger partial charge < -0.3 is 20.6 Å². The summed E-state index contributed by atoms with van der Waals surface area (Å²) in [6.45, 7) is 9.24. The van der Waals surface area contributed by atoms with Crippen LogP contribution in [0.4, 0.5) is 16.2 Å². The van der Waals surface area contributed by atoms with E-state index in [1.54, 1.807) is 42.5 Å². The standard InChI is InChI=1S/C23H28BrClN4O3/c1-4-28(5-2)14-15(3)13-26-21(30)23(32)19-12-16(24)6-11-20(19)27-22(31)29(23)18-9-7-17(25)8-10-18/h6-12,15,32H,4-5,13-14H2,1-3H3,(H,26,30)(H,27,31)/t15-,23+/m0/s1. The molecule has 0 unspecified atom stereocenters. The van der Waals surface area contributed by atoms with Crippen LogP contribution in [0.25, 0.3) is 0 Å². The lowest BCUT2D eigenvalue weighted by atomic mass is 9.94. The fourth-order valence-corrected chi connectivity index (χ4v) is 4.33. The van der Waals surface area contributed by atoms with Crippen LogP contribution < -0.4 is 15.5 Å². The Bertz CT molecular complexity index is 984. The second kappa shape index (κ2) is 10.2. The quantitative estimate of drug-likeness (QED) is 0.479. The molecule has 2 aromatic carbocycles. The van der Waals surface area contributed by atoms with Crippen molar-refractivity contribution in [2.24, 2.45) is 5.92 Å². The average molecular weight is 524 g/mol. The third-order valence-electron chi connectivity index (χ3n) is 5.60. The largest absolute Gasteiger partial charge is 0.359 e. The second-order valence-corrected chi connectivity index (χ2v) is 9.26. The van der Waals surface area contributed by atoms with E-state index in [1.165, 1.54) is 0 Å². The van der Waals surface area contributed by atoms with Gasteiger partial charge in [0.05, 0.1) is 5.69 Å². The predicted octanol–water partition coefficient (Wildman–Crippen LogP) is 4.39. The third-order valence-corrected chi connectivity index (χ3v) is 6.35. The van der Waals surface area contributed by atoms with Crippen LogP contribution in [0.2, 0.25) is 5.02 Å². The molecule has 0 saturated heterocycles. The fourth-order valence-electron chi connectivity index (χ4n) is 3.85. The van der Waals surface area contributed by atoms with Gasteiger partial charge in [-0.3, -0.25) is 9.69 Å². The normalized spacial score (nSPS) is 18.8. The number of halogens is 2.